The average molecular weight is 213 g/mol. The fraction of sp³-hybridized carbons (Fsp3) is 0.333. The van der Waals surface area contributed by atoms with E-state index < -0.39 is 0 Å². The standard InChI is InChI=1S/C9H12NSe/c1-10(2)7-8-5-3-4-6-9(8)11/h3-6H,7H2,1-2H3. The summed E-state index contributed by atoms with van der Waals surface area (Å²) in [5, 5.41) is 0. The molecule has 11 heavy (non-hydrogen) atoms. The van der Waals surface area contributed by atoms with E-state index in [0.717, 1.165) is 6.54 Å². The number of benzene rings is 1. The van der Waals surface area contributed by atoms with Gasteiger partial charge in [-0.05, 0) is 0 Å². The molecule has 0 saturated heterocycles. The van der Waals surface area contributed by atoms with Gasteiger partial charge in [0.1, 0.15) is 0 Å². The van der Waals surface area contributed by atoms with Crippen molar-refractivity contribution < 1.29 is 0 Å². The Hall–Kier alpha value is -0.301. The van der Waals surface area contributed by atoms with Gasteiger partial charge in [0.05, 0.1) is 0 Å². The molecule has 1 aromatic carbocycles. The summed E-state index contributed by atoms with van der Waals surface area (Å²) < 4.78 is 1.25. The van der Waals surface area contributed by atoms with Gasteiger partial charge in [-0.25, -0.2) is 0 Å². The van der Waals surface area contributed by atoms with Crippen LogP contribution in [0.3, 0.4) is 0 Å². The van der Waals surface area contributed by atoms with Crippen LogP contribution in [-0.4, -0.2) is 35.0 Å². The second-order valence-corrected chi connectivity index (χ2v) is 3.77. The van der Waals surface area contributed by atoms with Crippen molar-refractivity contribution in [3.05, 3.63) is 29.8 Å². The van der Waals surface area contributed by atoms with E-state index in [1.165, 1.54) is 10.0 Å². The van der Waals surface area contributed by atoms with Crippen molar-refractivity contribution in [2.75, 3.05) is 14.1 Å². The van der Waals surface area contributed by atoms with E-state index in [9.17, 15) is 0 Å². The van der Waals surface area contributed by atoms with Crippen LogP contribution in [0.1, 0.15) is 5.56 Å². The van der Waals surface area contributed by atoms with Gasteiger partial charge in [0.15, 0.2) is 0 Å². The zero-order chi connectivity index (χ0) is 8.27. The molecule has 1 aromatic rings. The molecule has 0 saturated carbocycles. The van der Waals surface area contributed by atoms with E-state index in [2.05, 4.69) is 53.2 Å². The number of nitrogens with zero attached hydrogens (tertiary/aromatic N) is 1. The molecule has 59 valence electrons. The summed E-state index contributed by atoms with van der Waals surface area (Å²) in [6.45, 7) is 1.00. The van der Waals surface area contributed by atoms with E-state index in [0.29, 0.717) is 0 Å². The average Bonchev–Trinajstić information content (AvgIpc) is 1.93. The van der Waals surface area contributed by atoms with Gasteiger partial charge in [0, 0.05) is 0 Å². The predicted molar refractivity (Wildman–Crippen MR) is 49.2 cm³/mol. The van der Waals surface area contributed by atoms with Crippen LogP contribution in [0.4, 0.5) is 0 Å². The monoisotopic (exact) mass is 214 g/mol. The molecule has 1 nitrogen and oxygen atoms in total. The van der Waals surface area contributed by atoms with Crippen molar-refractivity contribution in [1.29, 1.82) is 0 Å². The summed E-state index contributed by atoms with van der Waals surface area (Å²) in [5.74, 6) is 0. The van der Waals surface area contributed by atoms with E-state index in [1.54, 1.807) is 0 Å². The van der Waals surface area contributed by atoms with Gasteiger partial charge in [0.25, 0.3) is 0 Å². The third-order valence-electron chi connectivity index (χ3n) is 1.46. The van der Waals surface area contributed by atoms with Crippen LogP contribution in [0.5, 0.6) is 0 Å². The minimum absolute atomic E-state index is 1.00. The van der Waals surface area contributed by atoms with Gasteiger partial charge < -0.3 is 0 Å². The van der Waals surface area contributed by atoms with Gasteiger partial charge in [-0.15, -0.1) is 0 Å². The molecular formula is C9H12NSe. The molecule has 1 radical (unpaired) electrons. The SMILES string of the molecule is CN(C)Cc1ccccc1[Se]. The van der Waals surface area contributed by atoms with Crippen LogP contribution in [0, 0.1) is 0 Å². The van der Waals surface area contributed by atoms with Gasteiger partial charge in [-0.3, -0.25) is 0 Å². The van der Waals surface area contributed by atoms with Crippen LogP contribution < -0.4 is 4.46 Å². The Kier molecular flexibility index (Phi) is 3.13. The van der Waals surface area contributed by atoms with Crippen molar-refractivity contribution in [3.63, 3.8) is 0 Å². The first-order chi connectivity index (χ1) is 5.20. The maximum absolute atomic E-state index is 3.05. The summed E-state index contributed by atoms with van der Waals surface area (Å²) >= 11 is 3.05. The van der Waals surface area contributed by atoms with Crippen molar-refractivity contribution in [1.82, 2.24) is 4.90 Å². The second kappa shape index (κ2) is 3.91. The van der Waals surface area contributed by atoms with Gasteiger partial charge >= 0.3 is 75.8 Å². The van der Waals surface area contributed by atoms with E-state index >= 15 is 0 Å². The Bertz CT molecular complexity index is 233. The predicted octanol–water partition coefficient (Wildman–Crippen LogP) is 0.542. The molecule has 0 unspecified atom stereocenters. The van der Waals surface area contributed by atoms with Gasteiger partial charge in [0.2, 0.25) is 0 Å². The van der Waals surface area contributed by atoms with Crippen LogP contribution in [0.25, 0.3) is 0 Å². The molecule has 1 rings (SSSR count). The topological polar surface area (TPSA) is 3.24 Å². The summed E-state index contributed by atoms with van der Waals surface area (Å²) in [7, 11) is 4.15. The molecule has 0 aliphatic rings. The first-order valence-corrected chi connectivity index (χ1v) is 4.45. The van der Waals surface area contributed by atoms with Crippen molar-refractivity contribution in [2.45, 2.75) is 6.54 Å². The van der Waals surface area contributed by atoms with Crippen molar-refractivity contribution >= 4 is 20.5 Å². The van der Waals surface area contributed by atoms with E-state index in [-0.39, 0.29) is 0 Å². The van der Waals surface area contributed by atoms with E-state index in [4.69, 9.17) is 0 Å². The molecule has 0 heterocycles. The quantitative estimate of drug-likeness (QED) is 0.648. The van der Waals surface area contributed by atoms with Gasteiger partial charge in [-0.1, -0.05) is 0 Å². The molecule has 0 aromatic heterocycles. The maximum atomic E-state index is 3.05. The normalized spacial score (nSPS) is 10.5. The van der Waals surface area contributed by atoms with Crippen molar-refractivity contribution in [3.8, 4) is 0 Å². The van der Waals surface area contributed by atoms with E-state index in [1.807, 2.05) is 6.07 Å². The van der Waals surface area contributed by atoms with Crippen LogP contribution in [0.15, 0.2) is 24.3 Å². The Balaban J connectivity index is 2.78. The first kappa shape index (κ1) is 8.79. The number of rotatable bonds is 2. The zero-order valence-corrected chi connectivity index (χ0v) is 8.59. The molecular weight excluding hydrogens is 201 g/mol. The fourth-order valence-electron chi connectivity index (χ4n) is 0.975. The van der Waals surface area contributed by atoms with Crippen LogP contribution >= 0.6 is 0 Å². The molecule has 0 bridgehead atoms. The molecule has 0 aliphatic heterocycles. The molecule has 0 N–H and O–H groups in total. The molecule has 0 spiro atoms. The Morgan fingerprint density at radius 2 is 1.91 bits per heavy atom. The summed E-state index contributed by atoms with van der Waals surface area (Å²) in [6.07, 6.45) is 0. The van der Waals surface area contributed by atoms with Crippen molar-refractivity contribution in [2.24, 2.45) is 0 Å². The molecule has 0 fully saturated rings. The summed E-state index contributed by atoms with van der Waals surface area (Å²) in [6, 6.07) is 8.36. The number of hydrogen-bond donors (Lipinski definition) is 0. The third kappa shape index (κ3) is 2.66. The van der Waals surface area contributed by atoms with Crippen LogP contribution in [-0.2, 0) is 6.54 Å². The third-order valence-corrected chi connectivity index (χ3v) is 2.29. The minimum atomic E-state index is 1.00. The first-order valence-electron chi connectivity index (χ1n) is 3.60. The summed E-state index contributed by atoms with van der Waals surface area (Å²) in [5.41, 5.74) is 1.36. The Morgan fingerprint density at radius 1 is 1.27 bits per heavy atom. The van der Waals surface area contributed by atoms with Crippen LogP contribution in [0.2, 0.25) is 0 Å². The Labute approximate surface area is 76.2 Å². The summed E-state index contributed by atoms with van der Waals surface area (Å²) in [4.78, 5) is 2.16. The number of hydrogen-bond acceptors (Lipinski definition) is 1. The molecule has 2 heteroatoms. The molecule has 0 aliphatic carbocycles. The second-order valence-electron chi connectivity index (χ2n) is 2.85. The Morgan fingerprint density at radius 3 is 2.45 bits per heavy atom. The fourth-order valence-corrected chi connectivity index (χ4v) is 1.42. The molecule has 0 atom stereocenters. The zero-order valence-electron chi connectivity index (χ0n) is 6.87. The van der Waals surface area contributed by atoms with Gasteiger partial charge in [-0.2, -0.15) is 0 Å². The molecule has 0 amide bonds.